The van der Waals surface area contributed by atoms with Crippen LogP contribution in [0.1, 0.15) is 17.5 Å². The van der Waals surface area contributed by atoms with E-state index >= 15 is 0 Å². The quantitative estimate of drug-likeness (QED) is 0.810. The molecule has 0 radical (unpaired) electrons. The largest absolute Gasteiger partial charge is 0.497 e. The number of fused-ring (bicyclic) bond motifs is 3. The van der Waals surface area contributed by atoms with Gasteiger partial charge < -0.3 is 9.47 Å². The molecule has 2 nitrogen and oxygen atoms in total. The molecule has 0 atom stereocenters. The summed E-state index contributed by atoms with van der Waals surface area (Å²) in [5.74, 6) is 1.88. The Bertz CT molecular complexity index is 549. The first-order valence-corrected chi connectivity index (χ1v) is 6.66. The van der Waals surface area contributed by atoms with Gasteiger partial charge in [-0.2, -0.15) is 0 Å². The average molecular weight is 254 g/mol. The number of aryl methyl sites for hydroxylation is 2. The van der Waals surface area contributed by atoms with Gasteiger partial charge in [-0.25, -0.2) is 0 Å². The van der Waals surface area contributed by atoms with E-state index in [4.69, 9.17) is 9.47 Å². The van der Waals surface area contributed by atoms with Crippen LogP contribution in [0.15, 0.2) is 36.4 Å². The van der Waals surface area contributed by atoms with E-state index in [1.165, 1.54) is 28.7 Å². The van der Waals surface area contributed by atoms with E-state index < -0.39 is 0 Å². The second-order valence-corrected chi connectivity index (χ2v) is 4.90. The fourth-order valence-corrected chi connectivity index (χ4v) is 2.80. The lowest BCUT2D eigenvalue weighted by molar-refractivity contribution is 0.414. The number of ether oxygens (including phenoxy) is 2. The molecular weight excluding hydrogens is 236 g/mol. The van der Waals surface area contributed by atoms with E-state index in [1.807, 2.05) is 12.1 Å². The van der Waals surface area contributed by atoms with Gasteiger partial charge in [0.05, 0.1) is 14.2 Å². The Hall–Kier alpha value is -1.96. The summed E-state index contributed by atoms with van der Waals surface area (Å²) in [6.45, 7) is 0. The van der Waals surface area contributed by atoms with Crippen LogP contribution in [-0.2, 0) is 12.8 Å². The monoisotopic (exact) mass is 254 g/mol. The molecule has 1 aliphatic rings. The summed E-state index contributed by atoms with van der Waals surface area (Å²) in [6.07, 6.45) is 3.37. The predicted octanol–water partition coefficient (Wildman–Crippen LogP) is 3.86. The summed E-state index contributed by atoms with van der Waals surface area (Å²) in [4.78, 5) is 0. The van der Waals surface area contributed by atoms with Gasteiger partial charge in [-0.1, -0.05) is 12.1 Å². The minimum atomic E-state index is 0.940. The first-order valence-electron chi connectivity index (χ1n) is 6.66. The van der Waals surface area contributed by atoms with E-state index in [0.717, 1.165) is 24.3 Å². The zero-order valence-electron chi connectivity index (χ0n) is 11.4. The van der Waals surface area contributed by atoms with Gasteiger partial charge in [0.25, 0.3) is 0 Å². The summed E-state index contributed by atoms with van der Waals surface area (Å²) in [7, 11) is 3.44. The van der Waals surface area contributed by atoms with Crippen LogP contribution < -0.4 is 9.47 Å². The van der Waals surface area contributed by atoms with Crippen molar-refractivity contribution in [2.75, 3.05) is 14.2 Å². The summed E-state index contributed by atoms with van der Waals surface area (Å²) >= 11 is 0. The van der Waals surface area contributed by atoms with Crippen molar-refractivity contribution >= 4 is 0 Å². The minimum absolute atomic E-state index is 0.940. The van der Waals surface area contributed by atoms with Gasteiger partial charge in [0.1, 0.15) is 11.5 Å². The maximum atomic E-state index is 5.33. The van der Waals surface area contributed by atoms with E-state index in [0.29, 0.717) is 0 Å². The van der Waals surface area contributed by atoms with Crippen molar-refractivity contribution in [2.45, 2.75) is 19.3 Å². The molecule has 1 aliphatic carbocycles. The van der Waals surface area contributed by atoms with E-state index in [1.54, 1.807) is 14.2 Å². The van der Waals surface area contributed by atoms with E-state index in [-0.39, 0.29) is 0 Å². The lowest BCUT2D eigenvalue weighted by Gasteiger charge is -2.12. The van der Waals surface area contributed by atoms with Crippen LogP contribution in [0, 0.1) is 0 Å². The lowest BCUT2D eigenvalue weighted by Crippen LogP contribution is -1.91. The molecule has 2 heteroatoms. The Labute approximate surface area is 114 Å². The molecule has 0 saturated carbocycles. The number of hydrogen-bond acceptors (Lipinski definition) is 2. The van der Waals surface area contributed by atoms with Gasteiger partial charge in [-0.05, 0) is 65.8 Å². The third kappa shape index (κ3) is 2.19. The van der Waals surface area contributed by atoms with Gasteiger partial charge in [-0.15, -0.1) is 0 Å². The molecule has 0 amide bonds. The molecule has 98 valence electrons. The SMILES string of the molecule is COc1ccc2c(c1)CCCc1cc(OC)ccc1-2. The summed E-state index contributed by atoms with van der Waals surface area (Å²) in [6, 6.07) is 12.7. The third-order valence-corrected chi connectivity index (χ3v) is 3.81. The Morgan fingerprint density at radius 3 is 1.63 bits per heavy atom. The number of hydrogen-bond donors (Lipinski definition) is 0. The van der Waals surface area contributed by atoms with Crippen LogP contribution in [0.5, 0.6) is 11.5 Å². The highest BCUT2D eigenvalue weighted by Gasteiger charge is 2.15. The van der Waals surface area contributed by atoms with Crippen molar-refractivity contribution in [3.8, 4) is 22.6 Å². The maximum absolute atomic E-state index is 5.33. The Morgan fingerprint density at radius 2 is 1.21 bits per heavy atom. The highest BCUT2D eigenvalue weighted by Crippen LogP contribution is 2.36. The zero-order chi connectivity index (χ0) is 13.2. The van der Waals surface area contributed by atoms with Gasteiger partial charge in [0.15, 0.2) is 0 Å². The molecule has 0 aromatic heterocycles. The first-order chi connectivity index (χ1) is 9.31. The van der Waals surface area contributed by atoms with E-state index in [2.05, 4.69) is 24.3 Å². The van der Waals surface area contributed by atoms with Gasteiger partial charge >= 0.3 is 0 Å². The van der Waals surface area contributed by atoms with Crippen LogP contribution in [0.2, 0.25) is 0 Å². The van der Waals surface area contributed by atoms with Crippen molar-refractivity contribution in [1.82, 2.24) is 0 Å². The standard InChI is InChI=1S/C17H18O2/c1-18-14-6-8-16-12(10-14)4-3-5-13-11-15(19-2)7-9-17(13)16/h6-11H,3-5H2,1-2H3. The summed E-state index contributed by atoms with van der Waals surface area (Å²) in [5, 5.41) is 0. The number of benzene rings is 2. The molecule has 0 bridgehead atoms. The van der Waals surface area contributed by atoms with Crippen LogP contribution in [0.3, 0.4) is 0 Å². The number of rotatable bonds is 2. The fraction of sp³-hybridized carbons (Fsp3) is 0.294. The molecule has 0 spiro atoms. The van der Waals surface area contributed by atoms with Crippen molar-refractivity contribution in [3.63, 3.8) is 0 Å². The molecule has 0 aliphatic heterocycles. The molecule has 0 heterocycles. The summed E-state index contributed by atoms with van der Waals surface area (Å²) in [5.41, 5.74) is 5.42. The second-order valence-electron chi connectivity index (χ2n) is 4.90. The minimum Gasteiger partial charge on any atom is -0.497 e. The van der Waals surface area contributed by atoms with Crippen molar-refractivity contribution < 1.29 is 9.47 Å². The van der Waals surface area contributed by atoms with Crippen molar-refractivity contribution in [1.29, 1.82) is 0 Å². The Kier molecular flexibility index (Phi) is 3.16. The molecule has 0 unspecified atom stereocenters. The lowest BCUT2D eigenvalue weighted by atomic mass is 9.96. The van der Waals surface area contributed by atoms with Crippen LogP contribution in [-0.4, -0.2) is 14.2 Å². The van der Waals surface area contributed by atoms with E-state index in [9.17, 15) is 0 Å². The molecular formula is C17H18O2. The second kappa shape index (κ2) is 4.96. The van der Waals surface area contributed by atoms with Gasteiger partial charge in [0.2, 0.25) is 0 Å². The van der Waals surface area contributed by atoms with Crippen LogP contribution in [0.25, 0.3) is 11.1 Å². The molecule has 2 aromatic rings. The van der Waals surface area contributed by atoms with Crippen LogP contribution in [0.4, 0.5) is 0 Å². The molecule has 2 aromatic carbocycles. The zero-order valence-corrected chi connectivity index (χ0v) is 11.4. The molecule has 0 N–H and O–H groups in total. The molecule has 0 fully saturated rings. The third-order valence-electron chi connectivity index (χ3n) is 3.81. The average Bonchev–Trinajstić information content (AvgIpc) is 2.64. The summed E-state index contributed by atoms with van der Waals surface area (Å²) < 4.78 is 10.7. The topological polar surface area (TPSA) is 18.5 Å². The molecule has 19 heavy (non-hydrogen) atoms. The normalized spacial score (nSPS) is 13.2. The maximum Gasteiger partial charge on any atom is 0.119 e. The van der Waals surface area contributed by atoms with Crippen LogP contribution >= 0.6 is 0 Å². The Balaban J connectivity index is 2.14. The highest BCUT2D eigenvalue weighted by molar-refractivity contribution is 5.73. The predicted molar refractivity (Wildman–Crippen MR) is 77.0 cm³/mol. The van der Waals surface area contributed by atoms with Gasteiger partial charge in [-0.3, -0.25) is 0 Å². The van der Waals surface area contributed by atoms with Crippen molar-refractivity contribution in [3.05, 3.63) is 47.5 Å². The number of methoxy groups -OCH3 is 2. The smallest absolute Gasteiger partial charge is 0.119 e. The molecule has 0 saturated heterocycles. The Morgan fingerprint density at radius 1 is 0.737 bits per heavy atom. The molecule has 3 rings (SSSR count). The fourth-order valence-electron chi connectivity index (χ4n) is 2.80. The van der Waals surface area contributed by atoms with Gasteiger partial charge in [0, 0.05) is 0 Å². The highest BCUT2D eigenvalue weighted by atomic mass is 16.5. The first kappa shape index (κ1) is 12.1. The van der Waals surface area contributed by atoms with Crippen molar-refractivity contribution in [2.24, 2.45) is 0 Å².